The molecule has 0 radical (unpaired) electrons. The summed E-state index contributed by atoms with van der Waals surface area (Å²) in [6, 6.07) is 5.19. The fourth-order valence-electron chi connectivity index (χ4n) is 1.41. The molecule has 0 saturated heterocycles. The Kier molecular flexibility index (Phi) is 2.95. The van der Waals surface area contributed by atoms with Crippen LogP contribution in [-0.4, -0.2) is 12.1 Å². The summed E-state index contributed by atoms with van der Waals surface area (Å²) >= 11 is 3.30. The lowest BCUT2D eigenvalue weighted by molar-refractivity contribution is 0.00912. The Hall–Kier alpha value is -1.03. The van der Waals surface area contributed by atoms with Crippen LogP contribution in [0, 0.1) is 0 Å². The minimum Gasteiger partial charge on any atom is -0.459 e. The molecule has 1 aromatic carbocycles. The second kappa shape index (κ2) is 4.23. The van der Waals surface area contributed by atoms with Crippen molar-refractivity contribution in [2.45, 2.75) is 25.4 Å². The number of anilines is 1. The van der Waals surface area contributed by atoms with Crippen molar-refractivity contribution in [1.29, 1.82) is 0 Å². The lowest BCUT2D eigenvalue weighted by atomic mass is 9.96. The molecule has 15 heavy (non-hydrogen) atoms. The van der Waals surface area contributed by atoms with E-state index in [2.05, 4.69) is 15.9 Å². The summed E-state index contributed by atoms with van der Waals surface area (Å²) in [6.07, 6.45) is 3.18. The Morgan fingerprint density at radius 2 is 2.20 bits per heavy atom. The Morgan fingerprint density at radius 1 is 1.47 bits per heavy atom. The molecule has 0 spiro atoms. The number of carbonyl (C=O) groups is 1. The predicted octanol–water partition coefficient (Wildman–Crippen LogP) is 2.74. The zero-order valence-electron chi connectivity index (χ0n) is 8.20. The van der Waals surface area contributed by atoms with Gasteiger partial charge in [-0.05, 0) is 37.5 Å². The van der Waals surface area contributed by atoms with E-state index in [4.69, 9.17) is 10.5 Å². The highest BCUT2D eigenvalue weighted by Crippen LogP contribution is 2.25. The Bertz CT molecular complexity index is 388. The van der Waals surface area contributed by atoms with Crippen LogP contribution in [0.5, 0.6) is 0 Å². The van der Waals surface area contributed by atoms with Crippen LogP contribution in [0.25, 0.3) is 0 Å². The van der Waals surface area contributed by atoms with Crippen LogP contribution in [-0.2, 0) is 4.74 Å². The molecular formula is C11H12BrNO2. The maximum absolute atomic E-state index is 11.7. The molecule has 1 saturated carbocycles. The van der Waals surface area contributed by atoms with Crippen molar-refractivity contribution < 1.29 is 9.53 Å². The second-order valence-corrected chi connectivity index (χ2v) is 4.61. The average molecular weight is 270 g/mol. The fourth-order valence-corrected chi connectivity index (χ4v) is 1.77. The van der Waals surface area contributed by atoms with Crippen LogP contribution in [0.1, 0.15) is 29.6 Å². The lowest BCUT2D eigenvalue weighted by Crippen LogP contribution is -2.25. The summed E-state index contributed by atoms with van der Waals surface area (Å²) in [6.45, 7) is 0. The van der Waals surface area contributed by atoms with Gasteiger partial charge >= 0.3 is 5.97 Å². The van der Waals surface area contributed by atoms with Gasteiger partial charge in [0.2, 0.25) is 0 Å². The summed E-state index contributed by atoms with van der Waals surface area (Å²) in [5.41, 5.74) is 6.61. The minimum absolute atomic E-state index is 0.0934. The highest BCUT2D eigenvalue weighted by molar-refractivity contribution is 9.10. The Morgan fingerprint density at radius 3 is 2.80 bits per heavy atom. The number of benzene rings is 1. The zero-order chi connectivity index (χ0) is 10.8. The average Bonchev–Trinajstić information content (AvgIpc) is 2.15. The smallest absolute Gasteiger partial charge is 0.340 e. The molecule has 1 aliphatic rings. The first-order chi connectivity index (χ1) is 7.16. The van der Waals surface area contributed by atoms with E-state index in [0.29, 0.717) is 11.3 Å². The number of rotatable bonds is 2. The first-order valence-electron chi connectivity index (χ1n) is 4.93. The standard InChI is InChI=1S/C11H12BrNO2/c12-7-4-5-10(13)9(6-7)11(14)15-8-2-1-3-8/h4-6,8H,1-3,13H2. The molecule has 4 heteroatoms. The van der Waals surface area contributed by atoms with Gasteiger partial charge < -0.3 is 10.5 Å². The molecule has 2 N–H and O–H groups in total. The van der Waals surface area contributed by atoms with Crippen LogP contribution in [0.2, 0.25) is 0 Å². The first kappa shape index (κ1) is 10.5. The summed E-state index contributed by atoms with van der Waals surface area (Å²) in [5.74, 6) is -0.321. The van der Waals surface area contributed by atoms with Gasteiger partial charge in [0.05, 0.1) is 5.56 Å². The van der Waals surface area contributed by atoms with Gasteiger partial charge in [-0.15, -0.1) is 0 Å². The van der Waals surface area contributed by atoms with Gasteiger partial charge in [0.15, 0.2) is 0 Å². The summed E-state index contributed by atoms with van der Waals surface area (Å²) in [7, 11) is 0. The summed E-state index contributed by atoms with van der Waals surface area (Å²) in [4.78, 5) is 11.7. The monoisotopic (exact) mass is 269 g/mol. The molecule has 80 valence electrons. The minimum atomic E-state index is -0.321. The van der Waals surface area contributed by atoms with Crippen molar-refractivity contribution in [2.75, 3.05) is 5.73 Å². The van der Waals surface area contributed by atoms with Crippen molar-refractivity contribution >= 4 is 27.6 Å². The molecule has 0 atom stereocenters. The quantitative estimate of drug-likeness (QED) is 0.664. The Balaban J connectivity index is 2.12. The lowest BCUT2D eigenvalue weighted by Gasteiger charge is -2.25. The van der Waals surface area contributed by atoms with Gasteiger partial charge in [-0.1, -0.05) is 15.9 Å². The predicted molar refractivity (Wildman–Crippen MR) is 61.6 cm³/mol. The number of ether oxygens (including phenoxy) is 1. The highest BCUT2D eigenvalue weighted by atomic mass is 79.9. The van der Waals surface area contributed by atoms with Crippen LogP contribution < -0.4 is 5.73 Å². The van der Waals surface area contributed by atoms with Crippen LogP contribution >= 0.6 is 15.9 Å². The number of halogens is 1. The molecular weight excluding hydrogens is 258 g/mol. The van der Waals surface area contributed by atoms with E-state index in [1.807, 2.05) is 0 Å². The third-order valence-electron chi connectivity index (χ3n) is 2.56. The number of carbonyl (C=O) groups excluding carboxylic acids is 1. The van der Waals surface area contributed by atoms with Gasteiger partial charge in [0, 0.05) is 10.2 Å². The molecule has 3 nitrogen and oxygen atoms in total. The molecule has 1 aliphatic carbocycles. The third-order valence-corrected chi connectivity index (χ3v) is 3.05. The third kappa shape index (κ3) is 2.31. The normalized spacial score (nSPS) is 15.8. The number of nitrogen functional groups attached to an aromatic ring is 1. The SMILES string of the molecule is Nc1ccc(Br)cc1C(=O)OC1CCC1. The van der Waals surface area contributed by atoms with E-state index in [0.717, 1.165) is 23.7 Å². The second-order valence-electron chi connectivity index (χ2n) is 3.69. The number of nitrogens with two attached hydrogens (primary N) is 1. The van der Waals surface area contributed by atoms with Crippen LogP contribution in [0.3, 0.4) is 0 Å². The number of hydrogen-bond acceptors (Lipinski definition) is 3. The molecule has 0 heterocycles. The summed E-state index contributed by atoms with van der Waals surface area (Å²) < 4.78 is 6.10. The topological polar surface area (TPSA) is 52.3 Å². The van der Waals surface area contributed by atoms with E-state index in [1.165, 1.54) is 0 Å². The van der Waals surface area contributed by atoms with Crippen LogP contribution in [0.4, 0.5) is 5.69 Å². The fraction of sp³-hybridized carbons (Fsp3) is 0.364. The van der Waals surface area contributed by atoms with E-state index in [-0.39, 0.29) is 12.1 Å². The highest BCUT2D eigenvalue weighted by Gasteiger charge is 2.23. The van der Waals surface area contributed by atoms with E-state index in [1.54, 1.807) is 18.2 Å². The largest absolute Gasteiger partial charge is 0.459 e. The van der Waals surface area contributed by atoms with Gasteiger partial charge in [0.1, 0.15) is 6.10 Å². The molecule has 0 amide bonds. The van der Waals surface area contributed by atoms with Crippen molar-refractivity contribution in [3.05, 3.63) is 28.2 Å². The molecule has 1 aromatic rings. The maximum atomic E-state index is 11.7. The molecule has 2 rings (SSSR count). The first-order valence-corrected chi connectivity index (χ1v) is 5.72. The van der Waals surface area contributed by atoms with Crippen molar-refractivity contribution in [3.63, 3.8) is 0 Å². The van der Waals surface area contributed by atoms with E-state index >= 15 is 0 Å². The van der Waals surface area contributed by atoms with Crippen LogP contribution in [0.15, 0.2) is 22.7 Å². The molecule has 0 aromatic heterocycles. The number of esters is 1. The van der Waals surface area contributed by atoms with Crippen molar-refractivity contribution in [3.8, 4) is 0 Å². The van der Waals surface area contributed by atoms with Gasteiger partial charge in [-0.3, -0.25) is 0 Å². The van der Waals surface area contributed by atoms with E-state index < -0.39 is 0 Å². The molecule has 1 fully saturated rings. The van der Waals surface area contributed by atoms with Crippen molar-refractivity contribution in [2.24, 2.45) is 0 Å². The molecule has 0 bridgehead atoms. The Labute approximate surface area is 96.7 Å². The van der Waals surface area contributed by atoms with Crippen molar-refractivity contribution in [1.82, 2.24) is 0 Å². The molecule has 0 unspecified atom stereocenters. The maximum Gasteiger partial charge on any atom is 0.340 e. The van der Waals surface area contributed by atoms with E-state index in [9.17, 15) is 4.79 Å². The zero-order valence-corrected chi connectivity index (χ0v) is 9.79. The van der Waals surface area contributed by atoms with Gasteiger partial charge in [0.25, 0.3) is 0 Å². The summed E-state index contributed by atoms with van der Waals surface area (Å²) in [5, 5.41) is 0. The number of hydrogen-bond donors (Lipinski definition) is 1. The molecule has 0 aliphatic heterocycles. The van der Waals surface area contributed by atoms with Gasteiger partial charge in [-0.2, -0.15) is 0 Å². The van der Waals surface area contributed by atoms with Gasteiger partial charge in [-0.25, -0.2) is 4.79 Å².